The smallest absolute Gasteiger partial charge is 1.00 e. The van der Waals surface area contributed by atoms with Crippen molar-refractivity contribution < 1.29 is 52.6 Å². The number of allylic oxidation sites excluding steroid dienone is 1. The number of benzene rings is 2. The Morgan fingerprint density at radius 1 is 0.971 bits per heavy atom. The molecule has 0 bridgehead atoms. The molecular weight excluding hydrogens is 587 g/mol. The molecule has 0 heterocycles. The average molecular weight is 624 g/mol. The monoisotopic (exact) mass is 621 g/mol. The first-order valence-corrected chi connectivity index (χ1v) is 24.2. The molecule has 4 rings (SSSR count). The third-order valence-corrected chi connectivity index (χ3v) is 8.79. The molecule has 1 aliphatic carbocycles. The predicted molar refractivity (Wildman–Crippen MR) is 145 cm³/mol. The number of hydrogen-bond acceptors (Lipinski definition) is 1. The van der Waals surface area contributed by atoms with Crippen molar-refractivity contribution >= 4 is 38.9 Å². The molecule has 0 aliphatic heterocycles. The van der Waals surface area contributed by atoms with E-state index in [9.17, 15) is 0 Å². The normalized spacial score (nSPS) is 14.8. The first-order valence-electron chi connectivity index (χ1n) is 11.7. The summed E-state index contributed by atoms with van der Waals surface area (Å²) in [5.74, 6) is 0.421. The van der Waals surface area contributed by atoms with Crippen molar-refractivity contribution in [2.75, 3.05) is 6.61 Å². The first-order chi connectivity index (χ1) is 15.1. The van der Waals surface area contributed by atoms with Gasteiger partial charge in [-0.05, 0) is 48.7 Å². The maximum Gasteiger partial charge on any atom is -1.00 e. The molecule has 3 aromatic carbocycles. The van der Waals surface area contributed by atoms with Gasteiger partial charge in [-0.2, -0.15) is 6.07 Å². The van der Waals surface area contributed by atoms with Crippen LogP contribution in [0.3, 0.4) is 0 Å². The van der Waals surface area contributed by atoms with Gasteiger partial charge in [-0.25, -0.2) is 0 Å². The van der Waals surface area contributed by atoms with Crippen molar-refractivity contribution in [3.8, 4) is 0 Å². The van der Waals surface area contributed by atoms with E-state index >= 15 is 0 Å². The molecule has 0 N–H and O–H groups in total. The molecule has 182 valence electrons. The zero-order valence-electron chi connectivity index (χ0n) is 21.5. The Balaban J connectivity index is 0.000000895. The Hall–Kier alpha value is -0.136. The number of hydrogen-bond donors (Lipinski definition) is 0. The van der Waals surface area contributed by atoms with Crippen molar-refractivity contribution in [2.45, 2.75) is 58.2 Å². The molecular formula is C27H37Cl2OSi3Zr-. The molecule has 0 fully saturated rings. The summed E-state index contributed by atoms with van der Waals surface area (Å²) in [6, 6.07) is 22.6. The molecule has 0 amide bonds. The van der Waals surface area contributed by atoms with Gasteiger partial charge >= 0.3 is 41.9 Å². The average Bonchev–Trinajstić information content (AvgIpc) is 3.26. The van der Waals surface area contributed by atoms with Crippen molar-refractivity contribution in [3.05, 3.63) is 82.6 Å². The molecule has 7 heteroatoms. The van der Waals surface area contributed by atoms with Gasteiger partial charge in [0.15, 0.2) is 8.32 Å². The molecule has 0 saturated heterocycles. The fourth-order valence-electron chi connectivity index (χ4n) is 4.70. The maximum absolute atomic E-state index is 6.25. The Bertz CT molecular complexity index is 1130. The summed E-state index contributed by atoms with van der Waals surface area (Å²) in [6.07, 6.45) is 1.04. The minimum Gasteiger partial charge on any atom is -1.00 e. The largest absolute Gasteiger partial charge is 1.00 e. The second-order valence-electron chi connectivity index (χ2n) is 10.2. The zero-order valence-corrected chi connectivity index (χ0v) is 28.6. The summed E-state index contributed by atoms with van der Waals surface area (Å²) in [5.41, 5.74) is 6.24. The van der Waals surface area contributed by atoms with Crippen LogP contribution in [0.2, 0.25) is 45.8 Å². The standard InChI is InChI=1S/C25H31OSi2.C2H6Si.2ClH.Zr/c1-27(2)25-23(16-17-26-28(3,4)5)20-12-8-9-13-21(20)24(25)22-15-14-18-10-6-7-11-19(18)22;1-3-2;;;/h6-15,24,27H,16-17H2,1-5H3;1-2H3;2*1H;/q-1;;;;+2/p-2. The van der Waals surface area contributed by atoms with Gasteiger partial charge in [0.05, 0.1) is 8.80 Å². The van der Waals surface area contributed by atoms with E-state index in [-0.39, 0.29) is 30.2 Å². The van der Waals surface area contributed by atoms with Crippen LogP contribution < -0.4 is 24.8 Å². The molecule has 1 nitrogen and oxygen atoms in total. The molecule has 0 aromatic heterocycles. The number of rotatable bonds is 6. The zero-order chi connectivity index (χ0) is 23.5. The quantitative estimate of drug-likeness (QED) is 0.299. The third kappa shape index (κ3) is 7.93. The van der Waals surface area contributed by atoms with Gasteiger partial charge in [0.2, 0.25) is 0 Å². The van der Waals surface area contributed by atoms with Crippen LogP contribution in [0.1, 0.15) is 29.0 Å². The van der Waals surface area contributed by atoms with Crippen molar-refractivity contribution in [2.24, 2.45) is 0 Å². The summed E-state index contributed by atoms with van der Waals surface area (Å²) in [4.78, 5) is 0. The molecule has 34 heavy (non-hydrogen) atoms. The summed E-state index contributed by atoms with van der Waals surface area (Å²) >= 11 is 1.74. The topological polar surface area (TPSA) is 9.23 Å². The van der Waals surface area contributed by atoms with E-state index in [0.29, 0.717) is 5.92 Å². The van der Waals surface area contributed by atoms with Crippen LogP contribution in [0.15, 0.2) is 65.9 Å². The minimum absolute atomic E-state index is 0. The van der Waals surface area contributed by atoms with Gasteiger partial charge in [-0.15, -0.1) is 40.6 Å². The van der Waals surface area contributed by atoms with E-state index in [1.165, 1.54) is 27.5 Å². The van der Waals surface area contributed by atoms with E-state index in [4.69, 9.17) is 4.43 Å². The Kier molecular flexibility index (Phi) is 13.1. The van der Waals surface area contributed by atoms with Crippen LogP contribution in [0.4, 0.5) is 0 Å². The molecule has 1 atom stereocenters. The fourth-order valence-corrected chi connectivity index (χ4v) is 7.44. The summed E-state index contributed by atoms with van der Waals surface area (Å²) in [7, 11) is -2.49. The van der Waals surface area contributed by atoms with Crippen LogP contribution >= 0.6 is 0 Å². The summed E-state index contributed by atoms with van der Waals surface area (Å²) in [5, 5.41) is 4.49. The molecule has 0 saturated carbocycles. The van der Waals surface area contributed by atoms with E-state index < -0.39 is 17.1 Å². The third-order valence-electron chi connectivity index (χ3n) is 5.79. The Labute approximate surface area is 237 Å². The molecule has 0 spiro atoms. The minimum atomic E-state index is -1.49. The van der Waals surface area contributed by atoms with Gasteiger partial charge in [-0.1, -0.05) is 48.6 Å². The van der Waals surface area contributed by atoms with Gasteiger partial charge in [0, 0.05) is 6.61 Å². The Morgan fingerprint density at radius 3 is 2.18 bits per heavy atom. The predicted octanol–water partition coefficient (Wildman–Crippen LogP) is 1.52. The fraction of sp³-hybridized carbons (Fsp3) is 0.370. The van der Waals surface area contributed by atoms with E-state index in [0.717, 1.165) is 13.0 Å². The molecule has 1 aliphatic rings. The van der Waals surface area contributed by atoms with Crippen LogP contribution in [0.25, 0.3) is 16.3 Å². The van der Waals surface area contributed by atoms with Crippen molar-refractivity contribution in [1.82, 2.24) is 0 Å². The second kappa shape index (κ2) is 14.0. The van der Waals surface area contributed by atoms with Gasteiger partial charge in [0.25, 0.3) is 0 Å². The van der Waals surface area contributed by atoms with Crippen LogP contribution in [0, 0.1) is 0 Å². The summed E-state index contributed by atoms with van der Waals surface area (Å²) in [6.45, 7) is 17.3. The summed E-state index contributed by atoms with van der Waals surface area (Å²) < 4.78 is 6.25. The van der Waals surface area contributed by atoms with Crippen molar-refractivity contribution in [1.29, 1.82) is 0 Å². The van der Waals surface area contributed by atoms with E-state index in [2.05, 4.69) is 106 Å². The molecule has 3 aromatic rings. The van der Waals surface area contributed by atoms with E-state index in [1.54, 1.807) is 34.1 Å². The SMILES string of the molecule is C[SiH](C)C1=C(CCO[Si](C)(C)C)c2ccccc2C1[c-]1ccc2ccccc21.C[Si](C)=[Zr+2].[Cl-].[Cl-]. The number of fused-ring (bicyclic) bond motifs is 2. The second-order valence-corrected chi connectivity index (χ2v) is 27.0. The van der Waals surface area contributed by atoms with Crippen LogP contribution in [0.5, 0.6) is 0 Å². The molecule has 1 unspecified atom stereocenters. The Morgan fingerprint density at radius 2 is 1.56 bits per heavy atom. The van der Waals surface area contributed by atoms with Crippen molar-refractivity contribution in [3.63, 3.8) is 0 Å². The number of halogens is 2. The van der Waals surface area contributed by atoms with E-state index in [1.807, 2.05) is 0 Å². The van der Waals surface area contributed by atoms with Gasteiger partial charge in [-0.3, -0.25) is 0 Å². The van der Waals surface area contributed by atoms with Gasteiger partial charge < -0.3 is 29.2 Å². The van der Waals surface area contributed by atoms with Gasteiger partial charge in [0.1, 0.15) is 0 Å². The maximum atomic E-state index is 6.25. The first kappa shape index (κ1) is 31.9. The van der Waals surface area contributed by atoms with Crippen LogP contribution in [-0.4, -0.2) is 29.2 Å². The molecule has 0 radical (unpaired) electrons. The van der Waals surface area contributed by atoms with Crippen LogP contribution in [-0.2, 0) is 27.8 Å².